The quantitative estimate of drug-likeness (QED) is 0.742. The molecule has 106 valence electrons. The summed E-state index contributed by atoms with van der Waals surface area (Å²) in [6.45, 7) is 1.73. The van der Waals surface area contributed by atoms with E-state index in [1.807, 2.05) is 12.1 Å². The number of ether oxygens (including phenoxy) is 1. The third-order valence-electron chi connectivity index (χ3n) is 2.55. The van der Waals surface area contributed by atoms with E-state index in [4.69, 9.17) is 26.6 Å². The number of halogens is 1. The van der Waals surface area contributed by atoms with Gasteiger partial charge in [0.15, 0.2) is 0 Å². The molecule has 2 N–H and O–H groups in total. The van der Waals surface area contributed by atoms with Crippen LogP contribution in [0.1, 0.15) is 5.89 Å². The van der Waals surface area contributed by atoms with Crippen LogP contribution in [-0.2, 0) is 0 Å². The number of aryl methyl sites for hydroxylation is 1. The van der Waals surface area contributed by atoms with Crippen LogP contribution in [0.2, 0.25) is 5.15 Å². The van der Waals surface area contributed by atoms with Crippen molar-refractivity contribution in [2.75, 3.05) is 5.73 Å². The van der Waals surface area contributed by atoms with Gasteiger partial charge in [0.05, 0.1) is 0 Å². The second-order valence-electron chi connectivity index (χ2n) is 4.15. The molecule has 1 aromatic carbocycles. The minimum atomic E-state index is 0.0522. The van der Waals surface area contributed by atoms with Crippen molar-refractivity contribution in [3.8, 4) is 23.0 Å². The molecule has 2 heterocycles. The molecule has 0 aliphatic heterocycles. The smallest absolute Gasteiger partial charge is 0.225 e. The maximum Gasteiger partial charge on any atom is 0.225 e. The van der Waals surface area contributed by atoms with E-state index in [2.05, 4.69) is 20.1 Å². The van der Waals surface area contributed by atoms with Crippen molar-refractivity contribution in [1.29, 1.82) is 0 Å². The Kier molecular flexibility index (Phi) is 3.41. The van der Waals surface area contributed by atoms with E-state index in [1.54, 1.807) is 19.1 Å². The SMILES string of the molecule is Cc1nc(-c2ccc(Oc3cc(Cl)nc(N)n3)cc2)no1. The highest BCUT2D eigenvalue weighted by molar-refractivity contribution is 6.29. The summed E-state index contributed by atoms with van der Waals surface area (Å²) in [4.78, 5) is 11.8. The summed E-state index contributed by atoms with van der Waals surface area (Å²) in [5, 5.41) is 4.06. The zero-order chi connectivity index (χ0) is 14.8. The van der Waals surface area contributed by atoms with Crippen LogP contribution < -0.4 is 10.5 Å². The van der Waals surface area contributed by atoms with Crippen LogP contribution in [0.3, 0.4) is 0 Å². The fourth-order valence-corrected chi connectivity index (χ4v) is 1.86. The van der Waals surface area contributed by atoms with Gasteiger partial charge in [-0.3, -0.25) is 0 Å². The van der Waals surface area contributed by atoms with Crippen LogP contribution in [-0.4, -0.2) is 20.1 Å². The normalized spacial score (nSPS) is 10.6. The number of hydrogen-bond donors (Lipinski definition) is 1. The third-order valence-corrected chi connectivity index (χ3v) is 2.74. The van der Waals surface area contributed by atoms with Gasteiger partial charge in [-0.1, -0.05) is 16.8 Å². The fraction of sp³-hybridized carbons (Fsp3) is 0.0769. The molecule has 0 saturated heterocycles. The zero-order valence-electron chi connectivity index (χ0n) is 10.9. The average molecular weight is 304 g/mol. The van der Waals surface area contributed by atoms with Crippen LogP contribution in [0, 0.1) is 6.92 Å². The van der Waals surface area contributed by atoms with Gasteiger partial charge in [-0.2, -0.15) is 9.97 Å². The molecule has 0 fully saturated rings. The van der Waals surface area contributed by atoms with Crippen LogP contribution in [0.4, 0.5) is 5.95 Å². The Morgan fingerprint density at radius 3 is 2.52 bits per heavy atom. The highest BCUT2D eigenvalue weighted by Gasteiger charge is 2.07. The lowest BCUT2D eigenvalue weighted by Crippen LogP contribution is -1.97. The molecule has 2 aromatic heterocycles. The Morgan fingerprint density at radius 2 is 1.90 bits per heavy atom. The number of nitrogen functional groups attached to an aromatic ring is 1. The largest absolute Gasteiger partial charge is 0.439 e. The molecule has 0 aliphatic carbocycles. The van der Waals surface area contributed by atoms with Crippen molar-refractivity contribution in [1.82, 2.24) is 20.1 Å². The molecule has 3 aromatic rings. The molecule has 0 amide bonds. The Labute approximate surface area is 124 Å². The van der Waals surface area contributed by atoms with Gasteiger partial charge in [0.25, 0.3) is 0 Å². The topological polar surface area (TPSA) is 100.0 Å². The first kappa shape index (κ1) is 13.3. The van der Waals surface area contributed by atoms with E-state index < -0.39 is 0 Å². The Bertz CT molecular complexity index is 752. The van der Waals surface area contributed by atoms with Crippen molar-refractivity contribution in [3.05, 3.63) is 41.4 Å². The molecule has 0 radical (unpaired) electrons. The van der Waals surface area contributed by atoms with Gasteiger partial charge in [-0.15, -0.1) is 0 Å². The molecule has 8 heteroatoms. The van der Waals surface area contributed by atoms with Crippen molar-refractivity contribution in [2.24, 2.45) is 0 Å². The summed E-state index contributed by atoms with van der Waals surface area (Å²) in [5.41, 5.74) is 6.32. The Balaban J connectivity index is 1.81. The predicted octanol–water partition coefficient (Wildman–Crippen LogP) is 2.86. The highest BCUT2D eigenvalue weighted by atomic mass is 35.5. The molecule has 21 heavy (non-hydrogen) atoms. The number of hydrogen-bond acceptors (Lipinski definition) is 7. The number of nitrogens with zero attached hydrogens (tertiary/aromatic N) is 4. The maximum absolute atomic E-state index is 5.79. The van der Waals surface area contributed by atoms with E-state index in [9.17, 15) is 0 Å². The predicted molar refractivity (Wildman–Crippen MR) is 76.0 cm³/mol. The van der Waals surface area contributed by atoms with Gasteiger partial charge >= 0.3 is 0 Å². The van der Waals surface area contributed by atoms with Crippen molar-refractivity contribution >= 4 is 17.5 Å². The number of anilines is 1. The lowest BCUT2D eigenvalue weighted by Gasteiger charge is -2.05. The second-order valence-corrected chi connectivity index (χ2v) is 4.54. The van der Waals surface area contributed by atoms with Crippen molar-refractivity contribution < 1.29 is 9.26 Å². The van der Waals surface area contributed by atoms with Crippen molar-refractivity contribution in [2.45, 2.75) is 6.92 Å². The Hall–Kier alpha value is -2.67. The summed E-state index contributed by atoms with van der Waals surface area (Å²) in [6, 6.07) is 8.62. The zero-order valence-corrected chi connectivity index (χ0v) is 11.7. The summed E-state index contributed by atoms with van der Waals surface area (Å²) >= 11 is 5.79. The van der Waals surface area contributed by atoms with Gasteiger partial charge in [-0.25, -0.2) is 4.98 Å². The first-order valence-corrected chi connectivity index (χ1v) is 6.36. The van der Waals surface area contributed by atoms with E-state index >= 15 is 0 Å². The second kappa shape index (κ2) is 5.37. The first-order chi connectivity index (χ1) is 10.1. The first-order valence-electron chi connectivity index (χ1n) is 5.99. The maximum atomic E-state index is 5.79. The van der Waals surface area contributed by atoms with E-state index in [-0.39, 0.29) is 17.0 Å². The Morgan fingerprint density at radius 1 is 1.14 bits per heavy atom. The average Bonchev–Trinajstić information content (AvgIpc) is 2.85. The van der Waals surface area contributed by atoms with Crippen LogP contribution in [0.15, 0.2) is 34.9 Å². The van der Waals surface area contributed by atoms with E-state index in [0.717, 1.165) is 5.56 Å². The molecule has 3 rings (SSSR count). The van der Waals surface area contributed by atoms with E-state index in [1.165, 1.54) is 6.07 Å². The number of benzene rings is 1. The van der Waals surface area contributed by atoms with Crippen molar-refractivity contribution in [3.63, 3.8) is 0 Å². The van der Waals surface area contributed by atoms with Gasteiger partial charge in [0, 0.05) is 18.6 Å². The number of nitrogens with two attached hydrogens (primary N) is 1. The fourth-order valence-electron chi connectivity index (χ4n) is 1.68. The monoisotopic (exact) mass is 303 g/mol. The molecule has 0 bridgehead atoms. The minimum absolute atomic E-state index is 0.0522. The number of rotatable bonds is 3. The molecule has 0 aliphatic rings. The molecular formula is C13H10ClN5O2. The minimum Gasteiger partial charge on any atom is -0.439 e. The van der Waals surface area contributed by atoms with Crippen LogP contribution >= 0.6 is 11.6 Å². The van der Waals surface area contributed by atoms with Gasteiger partial charge < -0.3 is 15.0 Å². The molecule has 0 saturated carbocycles. The van der Waals surface area contributed by atoms with Crippen LogP contribution in [0.25, 0.3) is 11.4 Å². The van der Waals surface area contributed by atoms with Gasteiger partial charge in [0.2, 0.25) is 23.5 Å². The van der Waals surface area contributed by atoms with Gasteiger partial charge in [0.1, 0.15) is 10.9 Å². The van der Waals surface area contributed by atoms with E-state index in [0.29, 0.717) is 17.5 Å². The van der Waals surface area contributed by atoms with Gasteiger partial charge in [-0.05, 0) is 24.3 Å². The summed E-state index contributed by atoms with van der Waals surface area (Å²) in [6.07, 6.45) is 0. The molecular weight excluding hydrogens is 294 g/mol. The summed E-state index contributed by atoms with van der Waals surface area (Å²) in [5.74, 6) is 1.94. The lowest BCUT2D eigenvalue weighted by atomic mass is 10.2. The molecule has 7 nitrogen and oxygen atoms in total. The van der Waals surface area contributed by atoms with Crippen LogP contribution in [0.5, 0.6) is 11.6 Å². The summed E-state index contributed by atoms with van der Waals surface area (Å²) < 4.78 is 10.5. The molecule has 0 spiro atoms. The lowest BCUT2D eigenvalue weighted by molar-refractivity contribution is 0.394. The molecule has 0 atom stereocenters. The highest BCUT2D eigenvalue weighted by Crippen LogP contribution is 2.25. The summed E-state index contributed by atoms with van der Waals surface area (Å²) in [7, 11) is 0. The third kappa shape index (κ3) is 3.09. The number of aromatic nitrogens is 4. The molecule has 0 unspecified atom stereocenters. The standard InChI is InChI=1S/C13H10ClN5O2/c1-7-16-12(19-21-7)8-2-4-9(5-3-8)20-11-6-10(14)17-13(15)18-11/h2-6H,1H3,(H2,15,17,18).